The molecule has 1 aliphatic rings. The van der Waals surface area contributed by atoms with Crippen LogP contribution in [0, 0.1) is 11.6 Å². The summed E-state index contributed by atoms with van der Waals surface area (Å²) < 4.78 is 27.3. The number of amides is 1. The Morgan fingerprint density at radius 1 is 1.15 bits per heavy atom. The Morgan fingerprint density at radius 2 is 1.96 bits per heavy atom. The molecule has 0 spiro atoms. The quantitative estimate of drug-likeness (QED) is 0.722. The van der Waals surface area contributed by atoms with Crippen molar-refractivity contribution < 1.29 is 13.6 Å². The lowest BCUT2D eigenvalue weighted by Crippen LogP contribution is -2.16. The molecule has 4 nitrogen and oxygen atoms in total. The van der Waals surface area contributed by atoms with Gasteiger partial charge in [-0.05, 0) is 56.4 Å². The van der Waals surface area contributed by atoms with Gasteiger partial charge in [0.25, 0.3) is 5.91 Å². The second kappa shape index (κ2) is 8.56. The second-order valence-electron chi connectivity index (χ2n) is 6.27. The van der Waals surface area contributed by atoms with Gasteiger partial charge in [-0.3, -0.25) is 9.78 Å². The molecule has 0 fully saturated rings. The summed E-state index contributed by atoms with van der Waals surface area (Å²) in [7, 11) is 0. The number of aromatic nitrogens is 1. The van der Waals surface area contributed by atoms with E-state index in [1.54, 1.807) is 12.1 Å². The first kappa shape index (κ1) is 18.0. The molecule has 0 unspecified atom stereocenters. The molecule has 1 aliphatic carbocycles. The maximum Gasteiger partial charge on any atom is 0.274 e. The smallest absolute Gasteiger partial charge is 0.274 e. The maximum atomic E-state index is 13.7. The van der Waals surface area contributed by atoms with Crippen molar-refractivity contribution in [2.24, 2.45) is 0 Å². The van der Waals surface area contributed by atoms with Gasteiger partial charge in [-0.1, -0.05) is 17.7 Å². The number of carbonyl (C=O) groups excluding carboxylic acids is 1. The molecule has 26 heavy (non-hydrogen) atoms. The van der Waals surface area contributed by atoms with Crippen molar-refractivity contribution in [2.45, 2.75) is 32.1 Å². The van der Waals surface area contributed by atoms with Crippen LogP contribution < -0.4 is 10.6 Å². The van der Waals surface area contributed by atoms with Crippen LogP contribution in [0.25, 0.3) is 0 Å². The van der Waals surface area contributed by atoms with Crippen LogP contribution in [0.3, 0.4) is 0 Å². The minimum atomic E-state index is -0.826. The van der Waals surface area contributed by atoms with Crippen LogP contribution in [-0.2, 0) is 0 Å². The van der Waals surface area contributed by atoms with Crippen LogP contribution in [-0.4, -0.2) is 17.4 Å². The van der Waals surface area contributed by atoms with E-state index in [-0.39, 0.29) is 5.69 Å². The highest BCUT2D eigenvalue weighted by molar-refractivity contribution is 6.03. The van der Waals surface area contributed by atoms with Gasteiger partial charge < -0.3 is 10.6 Å². The molecule has 0 atom stereocenters. The number of para-hydroxylation sites is 1. The third kappa shape index (κ3) is 4.65. The average molecular weight is 357 g/mol. The molecular weight excluding hydrogens is 336 g/mol. The number of hydrogen-bond donors (Lipinski definition) is 2. The normalized spacial score (nSPS) is 13.8. The first-order valence-electron chi connectivity index (χ1n) is 8.76. The number of benzene rings is 1. The van der Waals surface area contributed by atoms with Gasteiger partial charge in [-0.25, -0.2) is 8.78 Å². The van der Waals surface area contributed by atoms with Crippen molar-refractivity contribution >= 4 is 17.3 Å². The van der Waals surface area contributed by atoms with Crippen molar-refractivity contribution in [1.29, 1.82) is 0 Å². The molecule has 3 rings (SSSR count). The van der Waals surface area contributed by atoms with Gasteiger partial charge in [0.1, 0.15) is 23.0 Å². The molecule has 2 N–H and O–H groups in total. The maximum absolute atomic E-state index is 13.7. The molecule has 1 heterocycles. The van der Waals surface area contributed by atoms with Gasteiger partial charge >= 0.3 is 0 Å². The Labute approximate surface area is 151 Å². The average Bonchev–Trinajstić information content (AvgIpc) is 2.66. The number of halogens is 2. The summed E-state index contributed by atoms with van der Waals surface area (Å²) >= 11 is 0. The van der Waals surface area contributed by atoms with E-state index in [4.69, 9.17) is 0 Å². The fourth-order valence-electron chi connectivity index (χ4n) is 2.96. The van der Waals surface area contributed by atoms with Gasteiger partial charge in [-0.15, -0.1) is 0 Å². The zero-order chi connectivity index (χ0) is 18.4. The summed E-state index contributed by atoms with van der Waals surface area (Å²) in [4.78, 5) is 16.2. The highest BCUT2D eigenvalue weighted by atomic mass is 19.1. The lowest BCUT2D eigenvalue weighted by Gasteiger charge is -2.13. The molecule has 0 radical (unpaired) electrons. The lowest BCUT2D eigenvalue weighted by molar-refractivity contribution is 0.102. The van der Waals surface area contributed by atoms with E-state index in [1.807, 2.05) is 0 Å². The van der Waals surface area contributed by atoms with E-state index in [0.717, 1.165) is 43.6 Å². The summed E-state index contributed by atoms with van der Waals surface area (Å²) in [5, 5.41) is 5.51. The number of carbonyl (C=O) groups is 1. The molecular formula is C20H21F2N3O. The number of pyridine rings is 1. The van der Waals surface area contributed by atoms with E-state index >= 15 is 0 Å². The standard InChI is InChI=1S/C20H21F2N3O/c21-16-7-4-8-17(22)19(16)25-20(26)18-13-15(10-12-24-18)23-11-9-14-5-2-1-3-6-14/h4-5,7-8,10,12-13H,1-3,6,9,11H2,(H,23,24)(H,25,26). The molecule has 1 aromatic heterocycles. The molecule has 1 amide bonds. The largest absolute Gasteiger partial charge is 0.385 e. The van der Waals surface area contributed by atoms with E-state index in [2.05, 4.69) is 21.7 Å². The number of nitrogens with zero attached hydrogens (tertiary/aromatic N) is 1. The Morgan fingerprint density at radius 3 is 2.69 bits per heavy atom. The predicted octanol–water partition coefficient (Wildman–Crippen LogP) is 4.91. The lowest BCUT2D eigenvalue weighted by atomic mass is 9.97. The van der Waals surface area contributed by atoms with E-state index < -0.39 is 23.2 Å². The van der Waals surface area contributed by atoms with Gasteiger partial charge in [0, 0.05) is 18.4 Å². The first-order valence-corrected chi connectivity index (χ1v) is 8.76. The first-order chi connectivity index (χ1) is 12.6. The number of allylic oxidation sites excluding steroid dienone is 1. The van der Waals surface area contributed by atoms with Gasteiger partial charge in [0.15, 0.2) is 0 Å². The van der Waals surface area contributed by atoms with Crippen molar-refractivity contribution in [3.05, 3.63) is 65.5 Å². The van der Waals surface area contributed by atoms with Crippen LogP contribution in [0.1, 0.15) is 42.6 Å². The van der Waals surface area contributed by atoms with E-state index in [9.17, 15) is 13.6 Å². The monoisotopic (exact) mass is 357 g/mol. The van der Waals surface area contributed by atoms with Crippen LogP contribution in [0.5, 0.6) is 0 Å². The van der Waals surface area contributed by atoms with E-state index in [1.165, 1.54) is 30.7 Å². The van der Waals surface area contributed by atoms with Gasteiger partial charge in [-0.2, -0.15) is 0 Å². The molecule has 0 saturated carbocycles. The fraction of sp³-hybridized carbons (Fsp3) is 0.300. The minimum absolute atomic E-state index is 0.0922. The van der Waals surface area contributed by atoms with Crippen LogP contribution in [0.2, 0.25) is 0 Å². The van der Waals surface area contributed by atoms with Crippen LogP contribution in [0.15, 0.2) is 48.2 Å². The predicted molar refractivity (Wildman–Crippen MR) is 98.2 cm³/mol. The summed E-state index contributed by atoms with van der Waals surface area (Å²) in [6, 6.07) is 6.75. The molecule has 6 heteroatoms. The van der Waals surface area contributed by atoms with Crippen molar-refractivity contribution in [1.82, 2.24) is 4.98 Å². The summed E-state index contributed by atoms with van der Waals surface area (Å²) in [6.45, 7) is 0.763. The number of rotatable bonds is 6. The molecule has 136 valence electrons. The van der Waals surface area contributed by atoms with Crippen molar-refractivity contribution in [2.75, 3.05) is 17.2 Å². The molecule has 0 saturated heterocycles. The Bertz CT molecular complexity index is 800. The summed E-state index contributed by atoms with van der Waals surface area (Å²) in [5.41, 5.74) is 1.83. The zero-order valence-electron chi connectivity index (χ0n) is 14.4. The Balaban J connectivity index is 1.61. The number of anilines is 2. The fourth-order valence-corrected chi connectivity index (χ4v) is 2.96. The van der Waals surface area contributed by atoms with E-state index in [0.29, 0.717) is 0 Å². The second-order valence-corrected chi connectivity index (χ2v) is 6.27. The van der Waals surface area contributed by atoms with Crippen molar-refractivity contribution in [3.63, 3.8) is 0 Å². The third-order valence-corrected chi connectivity index (χ3v) is 4.35. The van der Waals surface area contributed by atoms with Crippen LogP contribution in [0.4, 0.5) is 20.2 Å². The summed E-state index contributed by atoms with van der Waals surface area (Å²) in [5.74, 6) is -2.31. The van der Waals surface area contributed by atoms with Gasteiger partial charge in [0.05, 0.1) is 0 Å². The highest BCUT2D eigenvalue weighted by Crippen LogP contribution is 2.21. The zero-order valence-corrected chi connectivity index (χ0v) is 14.4. The number of hydrogen-bond acceptors (Lipinski definition) is 3. The molecule has 0 bridgehead atoms. The Kier molecular flexibility index (Phi) is 5.94. The topological polar surface area (TPSA) is 54.0 Å². The molecule has 1 aromatic carbocycles. The van der Waals surface area contributed by atoms with Crippen LogP contribution >= 0.6 is 0 Å². The highest BCUT2D eigenvalue weighted by Gasteiger charge is 2.14. The van der Waals surface area contributed by atoms with Gasteiger partial charge in [0.2, 0.25) is 0 Å². The number of nitrogens with one attached hydrogen (secondary N) is 2. The summed E-state index contributed by atoms with van der Waals surface area (Å²) in [6.07, 6.45) is 9.58. The minimum Gasteiger partial charge on any atom is -0.385 e. The van der Waals surface area contributed by atoms with Crippen molar-refractivity contribution in [3.8, 4) is 0 Å². The SMILES string of the molecule is O=C(Nc1c(F)cccc1F)c1cc(NCCC2=CCCCC2)ccn1. The Hall–Kier alpha value is -2.76. The molecule has 2 aromatic rings. The molecule has 0 aliphatic heterocycles. The third-order valence-electron chi connectivity index (χ3n) is 4.35.